The van der Waals surface area contributed by atoms with Gasteiger partial charge in [-0.05, 0) is 17.5 Å². The zero-order valence-electron chi connectivity index (χ0n) is 10.6. The molecule has 1 aromatic rings. The first kappa shape index (κ1) is 12.6. The van der Waals surface area contributed by atoms with Crippen molar-refractivity contribution in [3.63, 3.8) is 0 Å². The van der Waals surface area contributed by atoms with E-state index in [4.69, 9.17) is 4.74 Å². The van der Waals surface area contributed by atoms with Crippen LogP contribution in [0.4, 0.5) is 0 Å². The molecule has 1 N–H and O–H groups in total. The molecule has 0 aliphatic heterocycles. The maximum atomic E-state index is 10.1. The van der Waals surface area contributed by atoms with E-state index in [1.54, 1.807) is 0 Å². The van der Waals surface area contributed by atoms with Gasteiger partial charge in [-0.25, -0.2) is 0 Å². The normalized spacial score (nSPS) is 22.7. The van der Waals surface area contributed by atoms with E-state index < -0.39 is 6.10 Å². The average molecular weight is 234 g/mol. The number of rotatable bonds is 6. The van der Waals surface area contributed by atoms with E-state index >= 15 is 0 Å². The molecule has 0 saturated carbocycles. The molecule has 0 bridgehead atoms. The van der Waals surface area contributed by atoms with Gasteiger partial charge in [0, 0.05) is 13.0 Å². The number of aliphatic hydroxyl groups excluding tert-OH is 1. The molecule has 0 fully saturated rings. The number of ether oxygens (including phenoxy) is 1. The number of hydrogen-bond acceptors (Lipinski definition) is 2. The van der Waals surface area contributed by atoms with Crippen LogP contribution in [0.1, 0.15) is 49.8 Å². The minimum atomic E-state index is -0.433. The van der Waals surface area contributed by atoms with E-state index in [1.165, 1.54) is 24.8 Å². The molecule has 0 aromatic heterocycles. The van der Waals surface area contributed by atoms with E-state index in [2.05, 4.69) is 13.0 Å². The first-order valence-corrected chi connectivity index (χ1v) is 6.70. The van der Waals surface area contributed by atoms with E-state index in [-0.39, 0.29) is 6.10 Å². The predicted molar refractivity (Wildman–Crippen MR) is 69.0 cm³/mol. The van der Waals surface area contributed by atoms with Gasteiger partial charge in [0.1, 0.15) is 6.10 Å². The summed E-state index contributed by atoms with van der Waals surface area (Å²) in [6.07, 6.45) is 5.24. The topological polar surface area (TPSA) is 29.5 Å². The molecule has 0 amide bonds. The van der Waals surface area contributed by atoms with Gasteiger partial charge in [-0.3, -0.25) is 0 Å². The molecule has 0 radical (unpaired) electrons. The molecule has 2 nitrogen and oxygen atoms in total. The Labute approximate surface area is 104 Å². The summed E-state index contributed by atoms with van der Waals surface area (Å²) >= 11 is 0. The Kier molecular flexibility index (Phi) is 4.57. The first-order chi connectivity index (χ1) is 8.33. The van der Waals surface area contributed by atoms with Crippen LogP contribution in [0.5, 0.6) is 0 Å². The summed E-state index contributed by atoms with van der Waals surface area (Å²) in [5.74, 6) is 0. The van der Waals surface area contributed by atoms with Crippen LogP contribution in [-0.2, 0) is 11.2 Å². The van der Waals surface area contributed by atoms with Crippen LogP contribution in [0, 0.1) is 0 Å². The fourth-order valence-corrected chi connectivity index (χ4v) is 2.45. The van der Waals surface area contributed by atoms with E-state index in [0.29, 0.717) is 0 Å². The summed E-state index contributed by atoms with van der Waals surface area (Å²) < 4.78 is 5.79. The Hall–Kier alpha value is -0.860. The van der Waals surface area contributed by atoms with Gasteiger partial charge in [0.15, 0.2) is 0 Å². The zero-order chi connectivity index (χ0) is 12.1. The highest BCUT2D eigenvalue weighted by Crippen LogP contribution is 2.32. The zero-order valence-corrected chi connectivity index (χ0v) is 10.6. The Balaban J connectivity index is 1.78. The first-order valence-electron chi connectivity index (χ1n) is 6.70. The molecule has 1 aromatic carbocycles. The van der Waals surface area contributed by atoms with Crippen molar-refractivity contribution >= 4 is 0 Å². The second kappa shape index (κ2) is 6.18. The van der Waals surface area contributed by atoms with Gasteiger partial charge in [0.2, 0.25) is 0 Å². The van der Waals surface area contributed by atoms with Crippen LogP contribution >= 0.6 is 0 Å². The van der Waals surface area contributed by atoms with Gasteiger partial charge >= 0.3 is 0 Å². The molecule has 2 heteroatoms. The molecule has 17 heavy (non-hydrogen) atoms. The lowest BCUT2D eigenvalue weighted by Gasteiger charge is -2.16. The Morgan fingerprint density at radius 1 is 1.24 bits per heavy atom. The van der Waals surface area contributed by atoms with Crippen LogP contribution in [-0.4, -0.2) is 17.8 Å². The quantitative estimate of drug-likeness (QED) is 0.766. The lowest BCUT2D eigenvalue weighted by molar-refractivity contribution is -0.0289. The lowest BCUT2D eigenvalue weighted by Crippen LogP contribution is -2.18. The van der Waals surface area contributed by atoms with Gasteiger partial charge in [-0.1, -0.05) is 50.5 Å². The van der Waals surface area contributed by atoms with Gasteiger partial charge in [-0.2, -0.15) is 0 Å². The largest absolute Gasteiger partial charge is 0.386 e. The van der Waals surface area contributed by atoms with Gasteiger partial charge in [0.05, 0.1) is 6.10 Å². The van der Waals surface area contributed by atoms with Crippen molar-refractivity contribution in [1.82, 2.24) is 0 Å². The summed E-state index contributed by atoms with van der Waals surface area (Å²) in [4.78, 5) is 0. The van der Waals surface area contributed by atoms with Crippen molar-refractivity contribution in [2.24, 2.45) is 0 Å². The number of fused-ring (bicyclic) bond motifs is 1. The summed E-state index contributed by atoms with van der Waals surface area (Å²) in [5.41, 5.74) is 2.28. The third kappa shape index (κ3) is 3.08. The third-order valence-electron chi connectivity index (χ3n) is 3.48. The van der Waals surface area contributed by atoms with Crippen molar-refractivity contribution in [2.75, 3.05) is 6.61 Å². The van der Waals surface area contributed by atoms with Crippen LogP contribution in [0.2, 0.25) is 0 Å². The molecule has 0 heterocycles. The maximum absolute atomic E-state index is 10.1. The molecule has 0 spiro atoms. The van der Waals surface area contributed by atoms with Gasteiger partial charge < -0.3 is 9.84 Å². The molecular formula is C15H22O2. The fraction of sp³-hybridized carbons (Fsp3) is 0.600. The van der Waals surface area contributed by atoms with Gasteiger partial charge in [-0.15, -0.1) is 0 Å². The number of benzene rings is 1. The van der Waals surface area contributed by atoms with E-state index in [1.807, 2.05) is 18.2 Å². The summed E-state index contributed by atoms with van der Waals surface area (Å²) in [6, 6.07) is 8.08. The fourth-order valence-electron chi connectivity index (χ4n) is 2.45. The number of hydrogen-bond donors (Lipinski definition) is 1. The van der Waals surface area contributed by atoms with E-state index in [0.717, 1.165) is 25.0 Å². The smallest absolute Gasteiger partial charge is 0.106 e. The molecule has 2 atom stereocenters. The molecule has 1 aliphatic rings. The van der Waals surface area contributed by atoms with E-state index in [9.17, 15) is 5.11 Å². The SMILES string of the molecule is CCCCCCOC1Cc2ccccc2C1O. The highest BCUT2D eigenvalue weighted by Gasteiger charge is 2.30. The minimum absolute atomic E-state index is 0.0333. The standard InChI is InChI=1S/C15H22O2/c1-2-3-4-7-10-17-14-11-12-8-5-6-9-13(12)15(14)16/h5-6,8-9,14-16H,2-4,7,10-11H2,1H3. The van der Waals surface area contributed by atoms with Crippen LogP contribution in [0.15, 0.2) is 24.3 Å². The summed E-state index contributed by atoms with van der Waals surface area (Å²) in [5, 5.41) is 10.1. The van der Waals surface area contributed by atoms with Crippen LogP contribution in [0.3, 0.4) is 0 Å². The Morgan fingerprint density at radius 3 is 2.82 bits per heavy atom. The van der Waals surface area contributed by atoms with Crippen molar-refractivity contribution in [3.8, 4) is 0 Å². The molecule has 2 unspecified atom stereocenters. The monoisotopic (exact) mass is 234 g/mol. The van der Waals surface area contributed by atoms with Crippen molar-refractivity contribution in [1.29, 1.82) is 0 Å². The number of unbranched alkanes of at least 4 members (excludes halogenated alkanes) is 3. The van der Waals surface area contributed by atoms with Crippen LogP contribution < -0.4 is 0 Å². The van der Waals surface area contributed by atoms with Gasteiger partial charge in [0.25, 0.3) is 0 Å². The minimum Gasteiger partial charge on any atom is -0.386 e. The second-order valence-electron chi connectivity index (χ2n) is 4.82. The maximum Gasteiger partial charge on any atom is 0.106 e. The Bertz CT molecular complexity index is 349. The van der Waals surface area contributed by atoms with Crippen LogP contribution in [0.25, 0.3) is 0 Å². The highest BCUT2D eigenvalue weighted by atomic mass is 16.5. The lowest BCUT2D eigenvalue weighted by atomic mass is 10.1. The van der Waals surface area contributed by atoms with Crippen molar-refractivity contribution < 1.29 is 9.84 Å². The molecular weight excluding hydrogens is 212 g/mol. The molecule has 1 aliphatic carbocycles. The highest BCUT2D eigenvalue weighted by molar-refractivity contribution is 5.35. The number of aliphatic hydroxyl groups is 1. The summed E-state index contributed by atoms with van der Waals surface area (Å²) in [6.45, 7) is 2.98. The van der Waals surface area contributed by atoms with Crippen molar-refractivity contribution in [2.45, 2.75) is 51.2 Å². The average Bonchev–Trinajstić information content (AvgIpc) is 2.67. The summed E-state index contributed by atoms with van der Waals surface area (Å²) in [7, 11) is 0. The van der Waals surface area contributed by atoms with Crippen molar-refractivity contribution in [3.05, 3.63) is 35.4 Å². The molecule has 94 valence electrons. The Morgan fingerprint density at radius 2 is 2.06 bits per heavy atom. The predicted octanol–water partition coefficient (Wildman–Crippen LogP) is 3.24. The molecule has 0 saturated heterocycles. The molecule has 2 rings (SSSR count). The third-order valence-corrected chi connectivity index (χ3v) is 3.48. The second-order valence-corrected chi connectivity index (χ2v) is 4.82.